The summed E-state index contributed by atoms with van der Waals surface area (Å²) in [5.74, 6) is 0.461. The molecule has 0 saturated heterocycles. The van der Waals surface area contributed by atoms with Crippen molar-refractivity contribution in [3.8, 4) is 5.75 Å². The molecule has 1 N–H and O–H groups in total. The predicted molar refractivity (Wildman–Crippen MR) is 60.7 cm³/mol. The molecule has 0 bridgehead atoms. The molecule has 84 valence electrons. The number of benzene rings is 1. The maximum absolute atomic E-state index is 11.0. The lowest BCUT2D eigenvalue weighted by molar-refractivity contribution is 0.399. The van der Waals surface area contributed by atoms with Gasteiger partial charge in [-0.05, 0) is 23.1 Å². The zero-order valence-electron chi connectivity index (χ0n) is 9.40. The smallest absolute Gasteiger partial charge is 0.190 e. The zero-order chi connectivity index (χ0) is 11.6. The molecule has 0 aromatic heterocycles. The Kier molecular flexibility index (Phi) is 3.52. The van der Waals surface area contributed by atoms with E-state index in [-0.39, 0.29) is 5.41 Å². The van der Waals surface area contributed by atoms with Crippen molar-refractivity contribution in [2.75, 3.05) is 7.11 Å². The molecule has 0 heterocycles. The highest BCUT2D eigenvalue weighted by Crippen LogP contribution is 2.29. The molecular formula is C11H16O3S. The van der Waals surface area contributed by atoms with Crippen LogP contribution in [-0.2, 0) is 16.5 Å². The van der Waals surface area contributed by atoms with Crippen LogP contribution in [-0.4, -0.2) is 15.9 Å². The van der Waals surface area contributed by atoms with Gasteiger partial charge in [-0.25, -0.2) is 4.21 Å². The van der Waals surface area contributed by atoms with E-state index in [1.807, 2.05) is 12.1 Å². The minimum absolute atomic E-state index is 0.00274. The first-order valence-electron chi connectivity index (χ1n) is 4.65. The van der Waals surface area contributed by atoms with E-state index in [2.05, 4.69) is 20.8 Å². The van der Waals surface area contributed by atoms with Crippen LogP contribution in [0, 0.1) is 0 Å². The van der Waals surface area contributed by atoms with Gasteiger partial charge in [0.2, 0.25) is 0 Å². The van der Waals surface area contributed by atoms with Gasteiger partial charge in [-0.2, -0.15) is 0 Å². The van der Waals surface area contributed by atoms with Gasteiger partial charge < -0.3 is 9.29 Å². The molecule has 3 nitrogen and oxygen atoms in total. The number of methoxy groups -OCH3 is 1. The van der Waals surface area contributed by atoms with Crippen LogP contribution in [0.25, 0.3) is 0 Å². The molecule has 1 aromatic rings. The van der Waals surface area contributed by atoms with Crippen LogP contribution in [0.5, 0.6) is 5.75 Å². The lowest BCUT2D eigenvalue weighted by Crippen LogP contribution is -2.11. The minimum Gasteiger partial charge on any atom is -0.495 e. The molecule has 0 saturated carbocycles. The zero-order valence-corrected chi connectivity index (χ0v) is 10.2. The monoisotopic (exact) mass is 228 g/mol. The summed E-state index contributed by atoms with van der Waals surface area (Å²) >= 11 is -2.00. The standard InChI is InChI=1S/C11H16O3S/c1-11(2,3)8-5-6-10(15(12)13)9(7-8)14-4/h5-7H,1-4H3,(H,12,13). The van der Waals surface area contributed by atoms with Gasteiger partial charge in [-0.1, -0.05) is 26.8 Å². The Hall–Kier alpha value is -0.870. The predicted octanol–water partition coefficient (Wildman–Crippen LogP) is 2.57. The minimum atomic E-state index is -2.00. The maximum atomic E-state index is 11.0. The quantitative estimate of drug-likeness (QED) is 0.791. The lowest BCUT2D eigenvalue weighted by atomic mass is 9.87. The van der Waals surface area contributed by atoms with Crippen LogP contribution < -0.4 is 4.74 Å². The van der Waals surface area contributed by atoms with Crippen molar-refractivity contribution in [1.82, 2.24) is 0 Å². The summed E-state index contributed by atoms with van der Waals surface area (Å²) in [6.45, 7) is 6.24. The van der Waals surface area contributed by atoms with Gasteiger partial charge in [0.25, 0.3) is 0 Å². The largest absolute Gasteiger partial charge is 0.495 e. The second-order valence-corrected chi connectivity index (χ2v) is 5.30. The fourth-order valence-electron chi connectivity index (χ4n) is 1.28. The molecule has 1 atom stereocenters. The van der Waals surface area contributed by atoms with Gasteiger partial charge in [-0.3, -0.25) is 0 Å². The Morgan fingerprint density at radius 1 is 1.33 bits per heavy atom. The van der Waals surface area contributed by atoms with Gasteiger partial charge in [0.15, 0.2) is 11.1 Å². The average molecular weight is 228 g/mol. The first-order chi connectivity index (χ1) is 6.86. The fourth-order valence-corrected chi connectivity index (χ4v) is 1.78. The molecule has 1 aromatic carbocycles. The van der Waals surface area contributed by atoms with Crippen molar-refractivity contribution in [1.29, 1.82) is 0 Å². The van der Waals surface area contributed by atoms with Crippen LogP contribution >= 0.6 is 0 Å². The molecule has 0 spiro atoms. The van der Waals surface area contributed by atoms with Gasteiger partial charge in [0, 0.05) is 0 Å². The topological polar surface area (TPSA) is 46.5 Å². The van der Waals surface area contributed by atoms with E-state index in [1.54, 1.807) is 6.07 Å². The number of ether oxygens (including phenoxy) is 1. The molecule has 0 radical (unpaired) electrons. The molecule has 0 fully saturated rings. The number of hydrogen-bond acceptors (Lipinski definition) is 2. The molecule has 4 heteroatoms. The summed E-state index contributed by atoms with van der Waals surface area (Å²) < 4.78 is 25.1. The Morgan fingerprint density at radius 2 is 1.93 bits per heavy atom. The van der Waals surface area contributed by atoms with E-state index in [0.29, 0.717) is 10.6 Å². The van der Waals surface area contributed by atoms with Crippen molar-refractivity contribution < 1.29 is 13.5 Å². The third-order valence-corrected chi connectivity index (χ3v) is 2.93. The Morgan fingerprint density at radius 3 is 2.33 bits per heavy atom. The first-order valence-corrected chi connectivity index (χ1v) is 5.76. The molecular weight excluding hydrogens is 212 g/mol. The average Bonchev–Trinajstić information content (AvgIpc) is 2.15. The summed E-state index contributed by atoms with van der Waals surface area (Å²) in [7, 11) is 1.50. The van der Waals surface area contributed by atoms with E-state index in [1.165, 1.54) is 7.11 Å². The van der Waals surface area contributed by atoms with Crippen LogP contribution in [0.15, 0.2) is 23.1 Å². The fraction of sp³-hybridized carbons (Fsp3) is 0.455. The highest BCUT2D eigenvalue weighted by atomic mass is 32.2. The summed E-state index contributed by atoms with van der Waals surface area (Å²) in [4.78, 5) is 0.311. The molecule has 0 amide bonds. The molecule has 0 aliphatic rings. The van der Waals surface area contributed by atoms with E-state index >= 15 is 0 Å². The van der Waals surface area contributed by atoms with Crippen LogP contribution in [0.1, 0.15) is 26.3 Å². The maximum Gasteiger partial charge on any atom is 0.190 e. The third-order valence-electron chi connectivity index (χ3n) is 2.22. The second-order valence-electron chi connectivity index (χ2n) is 4.36. The van der Waals surface area contributed by atoms with Gasteiger partial charge in [0.05, 0.1) is 7.11 Å². The van der Waals surface area contributed by atoms with Crippen molar-refractivity contribution >= 4 is 11.1 Å². The van der Waals surface area contributed by atoms with E-state index < -0.39 is 11.1 Å². The highest BCUT2D eigenvalue weighted by molar-refractivity contribution is 7.79. The summed E-state index contributed by atoms with van der Waals surface area (Å²) in [6.07, 6.45) is 0. The second kappa shape index (κ2) is 4.33. The molecule has 0 aliphatic carbocycles. The van der Waals surface area contributed by atoms with Gasteiger partial charge in [-0.15, -0.1) is 0 Å². The summed E-state index contributed by atoms with van der Waals surface area (Å²) in [5, 5.41) is 0. The molecule has 0 aliphatic heterocycles. The highest BCUT2D eigenvalue weighted by Gasteiger charge is 2.17. The molecule has 1 unspecified atom stereocenters. The van der Waals surface area contributed by atoms with Crippen molar-refractivity contribution in [3.63, 3.8) is 0 Å². The number of rotatable bonds is 2. The van der Waals surface area contributed by atoms with E-state index in [4.69, 9.17) is 9.29 Å². The van der Waals surface area contributed by atoms with Crippen LogP contribution in [0.3, 0.4) is 0 Å². The lowest BCUT2D eigenvalue weighted by Gasteiger charge is -2.20. The van der Waals surface area contributed by atoms with Crippen molar-refractivity contribution in [3.05, 3.63) is 23.8 Å². The van der Waals surface area contributed by atoms with Crippen LogP contribution in [0.2, 0.25) is 0 Å². The number of hydrogen-bond donors (Lipinski definition) is 1. The Bertz CT molecular complexity index is 380. The Balaban J connectivity index is 3.25. The van der Waals surface area contributed by atoms with E-state index in [0.717, 1.165) is 5.56 Å². The summed E-state index contributed by atoms with van der Waals surface area (Å²) in [6, 6.07) is 5.30. The molecule has 1 rings (SSSR count). The molecule has 15 heavy (non-hydrogen) atoms. The Labute approximate surface area is 92.7 Å². The third kappa shape index (κ3) is 2.79. The van der Waals surface area contributed by atoms with Crippen molar-refractivity contribution in [2.45, 2.75) is 31.1 Å². The van der Waals surface area contributed by atoms with Gasteiger partial charge in [0.1, 0.15) is 10.6 Å². The first kappa shape index (κ1) is 12.2. The van der Waals surface area contributed by atoms with Crippen LogP contribution in [0.4, 0.5) is 0 Å². The normalized spacial score (nSPS) is 13.7. The van der Waals surface area contributed by atoms with E-state index in [9.17, 15) is 4.21 Å². The SMILES string of the molecule is COc1cc(C(C)(C)C)ccc1S(=O)O. The summed E-state index contributed by atoms with van der Waals surface area (Å²) in [5.41, 5.74) is 1.08. The van der Waals surface area contributed by atoms with Gasteiger partial charge >= 0.3 is 0 Å². The van der Waals surface area contributed by atoms with Crippen molar-refractivity contribution in [2.24, 2.45) is 0 Å².